The number of nitrogens with zero attached hydrogens (tertiary/aromatic N) is 3. The molecule has 0 bridgehead atoms. The molecule has 0 saturated carbocycles. The monoisotopic (exact) mass is 537 g/mol. The Hall–Kier alpha value is -2.62. The summed E-state index contributed by atoms with van der Waals surface area (Å²) in [5.74, 6) is -0.429. The minimum atomic E-state index is -0.445. The Balaban J connectivity index is 1.74. The fourth-order valence-corrected chi connectivity index (χ4v) is 4.71. The first-order valence-electron chi connectivity index (χ1n) is 11.0. The summed E-state index contributed by atoms with van der Waals surface area (Å²) >= 11 is 13.4. The van der Waals surface area contributed by atoms with Gasteiger partial charge in [-0.3, -0.25) is 9.59 Å². The molecule has 0 radical (unpaired) electrons. The Kier molecular flexibility index (Phi) is 9.15. The number of carbonyl (C=O) groups excluding carboxylic acids is 2. The third-order valence-corrected chi connectivity index (χ3v) is 6.79. The topological polar surface area (TPSA) is 88.9 Å². The highest BCUT2D eigenvalue weighted by Crippen LogP contribution is 2.27. The molecule has 2 aromatic carbocycles. The summed E-state index contributed by atoms with van der Waals surface area (Å²) < 4.78 is 15.4. The Labute approximate surface area is 217 Å². The number of carbonyl (C=O) groups is 2. The fourth-order valence-electron chi connectivity index (χ4n) is 3.40. The maximum Gasteiger partial charge on any atom is 0.253 e. The maximum absolute atomic E-state index is 13.5. The molecule has 1 atom stereocenters. The molecule has 0 spiro atoms. The van der Waals surface area contributed by atoms with Crippen LogP contribution in [0.4, 0.5) is 10.1 Å². The van der Waals surface area contributed by atoms with E-state index < -0.39 is 11.9 Å². The van der Waals surface area contributed by atoms with E-state index in [2.05, 4.69) is 20.8 Å². The first-order valence-corrected chi connectivity index (χ1v) is 12.7. The van der Waals surface area contributed by atoms with Crippen molar-refractivity contribution in [2.45, 2.75) is 45.4 Å². The van der Waals surface area contributed by atoms with Crippen molar-refractivity contribution in [3.63, 3.8) is 0 Å². The van der Waals surface area contributed by atoms with Crippen LogP contribution in [0.2, 0.25) is 10.0 Å². The first-order chi connectivity index (χ1) is 16.6. The van der Waals surface area contributed by atoms with Gasteiger partial charge in [-0.2, -0.15) is 0 Å². The van der Waals surface area contributed by atoms with Crippen LogP contribution in [0.25, 0.3) is 0 Å². The summed E-state index contributed by atoms with van der Waals surface area (Å²) in [6.07, 6.45) is 0. The molecule has 2 N–H and O–H groups in total. The molecule has 35 heavy (non-hydrogen) atoms. The van der Waals surface area contributed by atoms with Crippen molar-refractivity contribution >= 4 is 52.5 Å². The van der Waals surface area contributed by atoms with Crippen molar-refractivity contribution in [3.05, 3.63) is 69.2 Å². The summed E-state index contributed by atoms with van der Waals surface area (Å²) in [7, 11) is 0. The van der Waals surface area contributed by atoms with E-state index in [0.29, 0.717) is 33.8 Å². The maximum atomic E-state index is 13.5. The largest absolute Gasteiger partial charge is 0.342 e. The molecule has 1 heterocycles. The number of nitrogens with one attached hydrogen (secondary N) is 2. The molecule has 7 nitrogen and oxygen atoms in total. The summed E-state index contributed by atoms with van der Waals surface area (Å²) in [5, 5.41) is 15.5. The Morgan fingerprint density at radius 1 is 1.14 bits per heavy atom. The summed E-state index contributed by atoms with van der Waals surface area (Å²) in [6.45, 7) is 8.19. The number of aromatic nitrogens is 3. The van der Waals surface area contributed by atoms with E-state index in [1.165, 1.54) is 30.0 Å². The third kappa shape index (κ3) is 6.74. The lowest BCUT2D eigenvalue weighted by Crippen LogP contribution is -2.34. The molecule has 3 rings (SSSR count). The van der Waals surface area contributed by atoms with Crippen molar-refractivity contribution in [2.24, 2.45) is 5.92 Å². The van der Waals surface area contributed by atoms with E-state index in [1.54, 1.807) is 25.1 Å². The number of benzene rings is 2. The molecule has 0 aliphatic carbocycles. The van der Waals surface area contributed by atoms with Gasteiger partial charge >= 0.3 is 0 Å². The van der Waals surface area contributed by atoms with Crippen LogP contribution in [0, 0.1) is 18.7 Å². The average molecular weight is 538 g/mol. The zero-order valence-electron chi connectivity index (χ0n) is 19.7. The number of rotatable bonds is 9. The third-order valence-electron chi connectivity index (χ3n) is 5.27. The summed E-state index contributed by atoms with van der Waals surface area (Å²) in [6, 6.07) is 8.48. The van der Waals surface area contributed by atoms with Gasteiger partial charge in [-0.15, -0.1) is 10.2 Å². The van der Waals surface area contributed by atoms with Crippen LogP contribution in [-0.4, -0.2) is 32.3 Å². The van der Waals surface area contributed by atoms with E-state index in [1.807, 2.05) is 25.3 Å². The number of hydrogen-bond donors (Lipinski definition) is 2. The lowest BCUT2D eigenvalue weighted by molar-refractivity contribution is -0.113. The predicted octanol–water partition coefficient (Wildman–Crippen LogP) is 5.91. The van der Waals surface area contributed by atoms with Crippen LogP contribution in [0.15, 0.2) is 41.6 Å². The molecule has 0 aliphatic heterocycles. The minimum absolute atomic E-state index is 0.00312. The Morgan fingerprint density at radius 2 is 1.89 bits per heavy atom. The van der Waals surface area contributed by atoms with Crippen LogP contribution in [-0.2, 0) is 11.3 Å². The van der Waals surface area contributed by atoms with Gasteiger partial charge in [0.25, 0.3) is 5.91 Å². The van der Waals surface area contributed by atoms with Gasteiger partial charge in [0.2, 0.25) is 5.91 Å². The number of anilines is 1. The molecule has 0 saturated heterocycles. The Bertz CT molecular complexity index is 1230. The van der Waals surface area contributed by atoms with Crippen LogP contribution < -0.4 is 10.6 Å². The second kappa shape index (κ2) is 11.9. The molecule has 3 aromatic rings. The number of amides is 2. The molecule has 0 fully saturated rings. The molecule has 0 unspecified atom stereocenters. The van der Waals surface area contributed by atoms with Gasteiger partial charge in [0.1, 0.15) is 5.82 Å². The summed E-state index contributed by atoms with van der Waals surface area (Å²) in [5.41, 5.74) is 1.50. The lowest BCUT2D eigenvalue weighted by atomic mass is 10.0. The number of halogens is 3. The van der Waals surface area contributed by atoms with Gasteiger partial charge in [0.05, 0.1) is 22.4 Å². The van der Waals surface area contributed by atoms with Crippen molar-refractivity contribution in [1.29, 1.82) is 0 Å². The van der Waals surface area contributed by atoms with Crippen LogP contribution in [0.1, 0.15) is 48.6 Å². The highest BCUT2D eigenvalue weighted by Gasteiger charge is 2.27. The average Bonchev–Trinajstić information content (AvgIpc) is 3.20. The highest BCUT2D eigenvalue weighted by molar-refractivity contribution is 7.99. The van der Waals surface area contributed by atoms with Gasteiger partial charge in [-0.05, 0) is 55.7 Å². The van der Waals surface area contributed by atoms with Gasteiger partial charge in [-0.1, -0.05) is 54.9 Å². The van der Waals surface area contributed by atoms with Crippen LogP contribution >= 0.6 is 35.0 Å². The Morgan fingerprint density at radius 3 is 2.54 bits per heavy atom. The van der Waals surface area contributed by atoms with Gasteiger partial charge in [-0.25, -0.2) is 4.39 Å². The zero-order valence-corrected chi connectivity index (χ0v) is 22.1. The number of aryl methyl sites for hydroxylation is 1. The predicted molar refractivity (Wildman–Crippen MR) is 138 cm³/mol. The smallest absolute Gasteiger partial charge is 0.253 e. The zero-order chi connectivity index (χ0) is 25.7. The quantitative estimate of drug-likeness (QED) is 0.331. The van der Waals surface area contributed by atoms with E-state index in [-0.39, 0.29) is 28.5 Å². The normalized spacial score (nSPS) is 12.0. The molecule has 1 aromatic heterocycles. The highest BCUT2D eigenvalue weighted by atomic mass is 35.5. The van der Waals surface area contributed by atoms with Crippen molar-refractivity contribution in [3.8, 4) is 0 Å². The summed E-state index contributed by atoms with van der Waals surface area (Å²) in [4.78, 5) is 25.4. The molecular weight excluding hydrogens is 512 g/mol. The molecule has 2 amide bonds. The van der Waals surface area contributed by atoms with Crippen LogP contribution in [0.5, 0.6) is 0 Å². The molecule has 186 valence electrons. The molecule has 0 aliphatic rings. The lowest BCUT2D eigenvalue weighted by Gasteiger charge is -2.22. The van der Waals surface area contributed by atoms with Crippen molar-refractivity contribution in [2.75, 3.05) is 11.1 Å². The van der Waals surface area contributed by atoms with E-state index in [4.69, 9.17) is 23.2 Å². The van der Waals surface area contributed by atoms with Gasteiger partial charge in [0.15, 0.2) is 11.0 Å². The standard InChI is InChI=1S/C24H26Cl2FN5O2S/c1-5-32-22(21(13(2)3)29-23(34)17-9-7-15(25)10-18(17)26)30-31-24(32)35-12-20(33)28-19-11-16(27)8-6-14(19)4/h6-11,13,21H,5,12H2,1-4H3,(H,28,33)(H,29,34)/t21-/m1/s1. The van der Waals surface area contributed by atoms with E-state index >= 15 is 0 Å². The molecular formula is C24H26Cl2FN5O2S. The molecule has 11 heteroatoms. The number of thioether (sulfide) groups is 1. The van der Waals surface area contributed by atoms with Crippen LogP contribution in [0.3, 0.4) is 0 Å². The fraction of sp³-hybridized carbons (Fsp3) is 0.333. The van der Waals surface area contributed by atoms with Gasteiger partial charge in [0, 0.05) is 17.3 Å². The van der Waals surface area contributed by atoms with Gasteiger partial charge < -0.3 is 15.2 Å². The number of hydrogen-bond acceptors (Lipinski definition) is 5. The second-order valence-corrected chi connectivity index (χ2v) is 9.99. The van der Waals surface area contributed by atoms with Crippen molar-refractivity contribution < 1.29 is 14.0 Å². The minimum Gasteiger partial charge on any atom is -0.342 e. The first kappa shape index (κ1) is 27.0. The second-order valence-electron chi connectivity index (χ2n) is 8.20. The van der Waals surface area contributed by atoms with E-state index in [0.717, 1.165) is 5.56 Å². The SMILES string of the molecule is CCn1c(SCC(=O)Nc2cc(F)ccc2C)nnc1[C@H](NC(=O)c1ccc(Cl)cc1Cl)C(C)C. The van der Waals surface area contributed by atoms with E-state index in [9.17, 15) is 14.0 Å². The van der Waals surface area contributed by atoms with Crippen molar-refractivity contribution in [1.82, 2.24) is 20.1 Å².